The second-order valence-corrected chi connectivity index (χ2v) is 11.7. The summed E-state index contributed by atoms with van der Waals surface area (Å²) in [5.41, 5.74) is 5.10. The van der Waals surface area contributed by atoms with Crippen molar-refractivity contribution >= 4 is 75.4 Å². The van der Waals surface area contributed by atoms with Gasteiger partial charge in [0.25, 0.3) is 0 Å². The summed E-state index contributed by atoms with van der Waals surface area (Å²) in [6.07, 6.45) is 0. The highest BCUT2D eigenvalue weighted by Gasteiger charge is 2.15. The highest BCUT2D eigenvalue weighted by Crippen LogP contribution is 2.43. The Labute approximate surface area is 242 Å². The minimum Gasteiger partial charge on any atom is -0.0610 e. The standard InChI is InChI=1S/C42H24/c1-5-26-15-17-28-7-3-11-35-37(23-32(9-1)39(26)41(28)35)30-19-13-25-14-20-31(22-34(25)21-30)38-24-33-10-2-6-27-16-18-29-8-4-12-36(38)42(29)40(27)33/h1-24H. The quantitative estimate of drug-likeness (QED) is 0.196. The molecule has 0 spiro atoms. The molecule has 10 aromatic carbocycles. The predicted octanol–water partition coefficient (Wildman–Crippen LogP) is 12.0. The lowest BCUT2D eigenvalue weighted by Gasteiger charge is -2.16. The van der Waals surface area contributed by atoms with Gasteiger partial charge in [0.1, 0.15) is 0 Å². The molecule has 0 aliphatic heterocycles. The molecule has 0 unspecified atom stereocenters. The third kappa shape index (κ3) is 2.96. The van der Waals surface area contributed by atoms with Gasteiger partial charge in [0, 0.05) is 0 Å². The van der Waals surface area contributed by atoms with E-state index in [4.69, 9.17) is 0 Å². The highest BCUT2D eigenvalue weighted by molar-refractivity contribution is 6.27. The number of rotatable bonds is 2. The molecule has 0 N–H and O–H groups in total. The smallest absolute Gasteiger partial charge is 0.00206 e. The van der Waals surface area contributed by atoms with Crippen LogP contribution >= 0.6 is 0 Å². The second-order valence-electron chi connectivity index (χ2n) is 11.7. The van der Waals surface area contributed by atoms with Crippen LogP contribution in [0.15, 0.2) is 146 Å². The van der Waals surface area contributed by atoms with E-state index in [2.05, 4.69) is 146 Å². The normalized spacial score (nSPS) is 12.3. The minimum atomic E-state index is 1.26. The summed E-state index contributed by atoms with van der Waals surface area (Å²) in [5, 5.41) is 18.4. The Balaban J connectivity index is 1.23. The van der Waals surface area contributed by atoms with Crippen LogP contribution in [0.2, 0.25) is 0 Å². The van der Waals surface area contributed by atoms with Gasteiger partial charge in [-0.2, -0.15) is 0 Å². The van der Waals surface area contributed by atoms with Crippen LogP contribution in [-0.2, 0) is 0 Å². The summed E-state index contributed by atoms with van der Waals surface area (Å²) >= 11 is 0. The van der Waals surface area contributed by atoms with Crippen molar-refractivity contribution in [2.24, 2.45) is 0 Å². The fraction of sp³-hybridized carbons (Fsp3) is 0. The number of hydrogen-bond acceptors (Lipinski definition) is 0. The van der Waals surface area contributed by atoms with E-state index in [1.165, 1.54) is 97.7 Å². The monoisotopic (exact) mass is 528 g/mol. The number of benzene rings is 10. The predicted molar refractivity (Wildman–Crippen MR) is 182 cm³/mol. The molecule has 0 amide bonds. The number of hydrogen-bond donors (Lipinski definition) is 0. The van der Waals surface area contributed by atoms with Crippen molar-refractivity contribution in [2.75, 3.05) is 0 Å². The van der Waals surface area contributed by atoms with Gasteiger partial charge >= 0.3 is 0 Å². The molecule has 0 bridgehead atoms. The Bertz CT molecular complexity index is 2490. The zero-order valence-electron chi connectivity index (χ0n) is 22.9. The molecule has 0 saturated carbocycles. The van der Waals surface area contributed by atoms with Gasteiger partial charge in [-0.05, 0) is 122 Å². The fourth-order valence-electron chi connectivity index (χ4n) is 7.58. The van der Waals surface area contributed by atoms with Gasteiger partial charge in [0.05, 0.1) is 0 Å². The molecule has 0 saturated heterocycles. The molecule has 10 rings (SSSR count). The van der Waals surface area contributed by atoms with Crippen LogP contribution < -0.4 is 0 Å². The Morgan fingerprint density at radius 3 is 1.10 bits per heavy atom. The van der Waals surface area contributed by atoms with Crippen molar-refractivity contribution in [1.82, 2.24) is 0 Å². The van der Waals surface area contributed by atoms with Gasteiger partial charge in [-0.25, -0.2) is 0 Å². The zero-order valence-corrected chi connectivity index (χ0v) is 22.9. The minimum absolute atomic E-state index is 1.26. The molecule has 192 valence electrons. The zero-order chi connectivity index (χ0) is 27.4. The molecule has 0 aliphatic rings. The molecule has 0 aromatic heterocycles. The first-order chi connectivity index (χ1) is 20.8. The third-order valence-electron chi connectivity index (χ3n) is 9.48. The molecular formula is C42H24. The molecule has 0 fully saturated rings. The van der Waals surface area contributed by atoms with E-state index in [0.29, 0.717) is 0 Å². The van der Waals surface area contributed by atoms with E-state index in [1.54, 1.807) is 0 Å². The van der Waals surface area contributed by atoms with Crippen molar-refractivity contribution in [2.45, 2.75) is 0 Å². The maximum absolute atomic E-state index is 2.39. The van der Waals surface area contributed by atoms with Gasteiger partial charge in [-0.3, -0.25) is 0 Å². The summed E-state index contributed by atoms with van der Waals surface area (Å²) < 4.78 is 0. The van der Waals surface area contributed by atoms with Crippen molar-refractivity contribution in [3.05, 3.63) is 146 Å². The number of fused-ring (bicyclic) bond motifs is 1. The molecule has 0 heteroatoms. The van der Waals surface area contributed by atoms with Crippen LogP contribution in [0.5, 0.6) is 0 Å². The van der Waals surface area contributed by atoms with E-state index < -0.39 is 0 Å². The Hall–Kier alpha value is -5.46. The van der Waals surface area contributed by atoms with Crippen LogP contribution in [0, 0.1) is 0 Å². The van der Waals surface area contributed by atoms with E-state index in [0.717, 1.165) is 0 Å². The summed E-state index contributed by atoms with van der Waals surface area (Å²) in [7, 11) is 0. The second kappa shape index (κ2) is 8.06. The molecule has 42 heavy (non-hydrogen) atoms. The Morgan fingerprint density at radius 2 is 0.619 bits per heavy atom. The van der Waals surface area contributed by atoms with Crippen LogP contribution in [0.3, 0.4) is 0 Å². The van der Waals surface area contributed by atoms with Gasteiger partial charge in [0.2, 0.25) is 0 Å². The fourth-order valence-corrected chi connectivity index (χ4v) is 7.58. The first-order valence-electron chi connectivity index (χ1n) is 14.7. The van der Waals surface area contributed by atoms with Gasteiger partial charge in [-0.1, -0.05) is 121 Å². The Kier molecular flexibility index (Phi) is 4.27. The van der Waals surface area contributed by atoms with Gasteiger partial charge in [0.15, 0.2) is 0 Å². The lowest BCUT2D eigenvalue weighted by molar-refractivity contribution is 1.68. The van der Waals surface area contributed by atoms with Crippen LogP contribution in [0.4, 0.5) is 0 Å². The van der Waals surface area contributed by atoms with E-state index in [-0.39, 0.29) is 0 Å². The maximum Gasteiger partial charge on any atom is -0.00206 e. The van der Waals surface area contributed by atoms with E-state index in [1.807, 2.05) is 0 Å². The highest BCUT2D eigenvalue weighted by atomic mass is 14.2. The first kappa shape index (κ1) is 22.3. The summed E-state index contributed by atoms with van der Waals surface area (Å²) in [4.78, 5) is 0. The van der Waals surface area contributed by atoms with E-state index >= 15 is 0 Å². The van der Waals surface area contributed by atoms with E-state index in [9.17, 15) is 0 Å². The molecule has 10 aromatic rings. The summed E-state index contributed by atoms with van der Waals surface area (Å²) in [6, 6.07) is 54.5. The first-order valence-corrected chi connectivity index (χ1v) is 14.7. The van der Waals surface area contributed by atoms with Crippen LogP contribution in [0.1, 0.15) is 0 Å². The average molecular weight is 529 g/mol. The molecule has 0 heterocycles. The summed E-state index contributed by atoms with van der Waals surface area (Å²) in [5.74, 6) is 0. The van der Waals surface area contributed by atoms with Crippen molar-refractivity contribution < 1.29 is 0 Å². The SMILES string of the molecule is c1cc2ccc3cccc4c(-c5ccc6ccc(-c7cc8cccc9ccc%10cccc7c%10c98)cc6c5)cc(c1)c2c34. The van der Waals surface area contributed by atoms with Gasteiger partial charge < -0.3 is 0 Å². The lowest BCUT2D eigenvalue weighted by Crippen LogP contribution is -1.89. The largest absolute Gasteiger partial charge is 0.0610 e. The topological polar surface area (TPSA) is 0 Å². The molecule has 0 radical (unpaired) electrons. The Morgan fingerprint density at radius 1 is 0.238 bits per heavy atom. The molecule has 0 nitrogen and oxygen atoms in total. The van der Waals surface area contributed by atoms with Crippen molar-refractivity contribution in [3.63, 3.8) is 0 Å². The average Bonchev–Trinajstić information content (AvgIpc) is 3.05. The maximum atomic E-state index is 2.39. The van der Waals surface area contributed by atoms with Crippen LogP contribution in [-0.4, -0.2) is 0 Å². The summed E-state index contributed by atoms with van der Waals surface area (Å²) in [6.45, 7) is 0. The lowest BCUT2D eigenvalue weighted by atomic mass is 9.87. The molecule has 0 aliphatic carbocycles. The molecular weight excluding hydrogens is 504 g/mol. The third-order valence-corrected chi connectivity index (χ3v) is 9.48. The van der Waals surface area contributed by atoms with Crippen molar-refractivity contribution in [3.8, 4) is 22.3 Å². The van der Waals surface area contributed by atoms with Crippen LogP contribution in [0.25, 0.3) is 97.7 Å². The molecule has 0 atom stereocenters. The van der Waals surface area contributed by atoms with Crippen molar-refractivity contribution in [1.29, 1.82) is 0 Å². The van der Waals surface area contributed by atoms with Gasteiger partial charge in [-0.15, -0.1) is 0 Å².